The lowest BCUT2D eigenvalue weighted by molar-refractivity contribution is -0.145. The Morgan fingerprint density at radius 1 is 1.18 bits per heavy atom. The van der Waals surface area contributed by atoms with Gasteiger partial charge < -0.3 is 14.8 Å². The third-order valence-electron chi connectivity index (χ3n) is 8.40. The number of H-pyrrole nitrogens is 2. The van der Waals surface area contributed by atoms with Crippen molar-refractivity contribution in [3.63, 3.8) is 0 Å². The number of aromatic nitrogens is 4. The minimum absolute atomic E-state index is 0.193. The van der Waals surface area contributed by atoms with Crippen molar-refractivity contribution in [2.24, 2.45) is 0 Å². The van der Waals surface area contributed by atoms with Gasteiger partial charge in [0.1, 0.15) is 11.5 Å². The zero-order chi connectivity index (χ0) is 27.4. The van der Waals surface area contributed by atoms with E-state index in [2.05, 4.69) is 59.8 Å². The van der Waals surface area contributed by atoms with Crippen molar-refractivity contribution in [1.82, 2.24) is 34.9 Å². The van der Waals surface area contributed by atoms with Gasteiger partial charge in [-0.3, -0.25) is 14.8 Å². The molecule has 4 aromatic rings. The molecular weight excluding hydrogens is 493 g/mol. The molecule has 0 spiro atoms. The lowest BCUT2D eigenvalue weighted by Gasteiger charge is -2.46. The van der Waals surface area contributed by atoms with Gasteiger partial charge in [0.05, 0.1) is 22.9 Å². The monoisotopic (exact) mass is 529 g/mol. The number of likely N-dealkylation sites (tertiary alicyclic amines) is 1. The number of hydrogen-bond acceptors (Lipinski definition) is 5. The molecule has 1 fully saturated rings. The van der Waals surface area contributed by atoms with Gasteiger partial charge in [-0.05, 0) is 75.3 Å². The van der Waals surface area contributed by atoms with Crippen LogP contribution in [0.5, 0.6) is 0 Å². The minimum atomic E-state index is -0.243. The molecule has 9 heteroatoms. The molecular formula is C30H36FN7O. The fourth-order valence-corrected chi connectivity index (χ4v) is 5.89. The summed E-state index contributed by atoms with van der Waals surface area (Å²) in [5, 5.41) is 8.70. The molecule has 4 heterocycles. The molecule has 1 saturated heterocycles. The summed E-state index contributed by atoms with van der Waals surface area (Å²) < 4.78 is 14.0. The average Bonchev–Trinajstić information content (AvgIpc) is 3.49. The molecule has 204 valence electrons. The fraction of sp³-hybridized carbons (Fsp3) is 0.433. The number of nitrogens with zero attached hydrogens (tertiary/aromatic N) is 5. The Hall–Kier alpha value is -3.56. The number of carbonyl (C=O) groups is 1. The molecule has 6 rings (SSSR count). The Kier molecular flexibility index (Phi) is 6.51. The average molecular weight is 530 g/mol. The summed E-state index contributed by atoms with van der Waals surface area (Å²) in [6, 6.07) is 11.5. The van der Waals surface area contributed by atoms with Gasteiger partial charge in [0.25, 0.3) is 0 Å². The highest BCUT2D eigenvalue weighted by Gasteiger charge is 2.41. The number of hydrogen-bond donors (Lipinski definition) is 2. The van der Waals surface area contributed by atoms with E-state index >= 15 is 0 Å². The Morgan fingerprint density at radius 3 is 2.69 bits per heavy atom. The number of benzene rings is 2. The molecule has 1 amide bonds. The Morgan fingerprint density at radius 2 is 1.97 bits per heavy atom. The van der Waals surface area contributed by atoms with E-state index in [0.717, 1.165) is 64.2 Å². The van der Waals surface area contributed by atoms with Crippen molar-refractivity contribution >= 4 is 16.8 Å². The van der Waals surface area contributed by atoms with Crippen LogP contribution in [-0.2, 0) is 24.2 Å². The van der Waals surface area contributed by atoms with Gasteiger partial charge in [-0.2, -0.15) is 5.10 Å². The molecule has 8 nitrogen and oxygen atoms in total. The number of aromatic amines is 2. The van der Waals surface area contributed by atoms with E-state index in [9.17, 15) is 9.18 Å². The van der Waals surface area contributed by atoms with E-state index in [4.69, 9.17) is 4.98 Å². The van der Waals surface area contributed by atoms with E-state index in [1.54, 1.807) is 6.07 Å². The zero-order valence-electron chi connectivity index (χ0n) is 23.3. The fourth-order valence-electron chi connectivity index (χ4n) is 5.89. The second-order valence-corrected chi connectivity index (χ2v) is 11.3. The Balaban J connectivity index is 1.29. The van der Waals surface area contributed by atoms with Crippen LogP contribution in [0.25, 0.3) is 33.5 Å². The van der Waals surface area contributed by atoms with E-state index < -0.39 is 0 Å². The molecule has 2 aliphatic rings. The van der Waals surface area contributed by atoms with E-state index in [1.165, 1.54) is 6.07 Å². The maximum Gasteiger partial charge on any atom is 0.240 e. The van der Waals surface area contributed by atoms with Gasteiger partial charge in [0.2, 0.25) is 5.91 Å². The van der Waals surface area contributed by atoms with Crippen molar-refractivity contribution in [2.75, 3.05) is 27.2 Å². The minimum Gasteiger partial charge on any atom is -0.339 e. The zero-order valence-corrected chi connectivity index (χ0v) is 23.3. The molecule has 39 heavy (non-hydrogen) atoms. The summed E-state index contributed by atoms with van der Waals surface area (Å²) in [5.74, 6) is 0.651. The van der Waals surface area contributed by atoms with E-state index in [-0.39, 0.29) is 23.8 Å². The number of imidazole rings is 1. The maximum absolute atomic E-state index is 14.0. The Bertz CT molecular complexity index is 1530. The van der Waals surface area contributed by atoms with Crippen molar-refractivity contribution in [1.29, 1.82) is 0 Å². The molecule has 0 bridgehead atoms. The number of fused-ring (bicyclic) bond motifs is 2. The highest BCUT2D eigenvalue weighted by molar-refractivity contribution is 5.94. The van der Waals surface area contributed by atoms with E-state index in [0.29, 0.717) is 24.8 Å². The van der Waals surface area contributed by atoms with Crippen molar-refractivity contribution in [3.05, 3.63) is 59.2 Å². The normalized spacial score (nSPS) is 18.3. The molecule has 2 aromatic heterocycles. The summed E-state index contributed by atoms with van der Waals surface area (Å²) in [6.07, 6.45) is 1.41. The van der Waals surface area contributed by atoms with Crippen LogP contribution in [0.4, 0.5) is 4.39 Å². The number of halogens is 1. The standard InChI is InChI=1S/C30H36FN7O/c1-6-18-7-9-20(31)12-23(18)19-8-10-22-24(11-19)34-35-28(22)29-32-25-13-27(38(17(2)3)16-26(25)33-29)30(39)37-14-21(15-37)36(4)5/h7-12,17,21,27H,6,13-16H2,1-5H3,(H,32,33)(H,34,35). The van der Waals surface area contributed by atoms with E-state index in [1.807, 2.05) is 29.2 Å². The van der Waals surface area contributed by atoms with Gasteiger partial charge in [0, 0.05) is 43.5 Å². The lowest BCUT2D eigenvalue weighted by atomic mass is 9.97. The highest BCUT2D eigenvalue weighted by atomic mass is 19.1. The summed E-state index contributed by atoms with van der Waals surface area (Å²) in [4.78, 5) is 28.4. The molecule has 0 radical (unpaired) electrons. The third-order valence-corrected chi connectivity index (χ3v) is 8.40. The van der Waals surface area contributed by atoms with Crippen molar-refractivity contribution in [2.45, 2.75) is 58.3 Å². The maximum atomic E-state index is 14.0. The molecule has 2 N–H and O–H groups in total. The van der Waals surface area contributed by atoms with Crippen LogP contribution < -0.4 is 0 Å². The second kappa shape index (κ2) is 9.88. The van der Waals surface area contributed by atoms with Gasteiger partial charge in [-0.1, -0.05) is 19.1 Å². The van der Waals surface area contributed by atoms with Crippen LogP contribution in [0.2, 0.25) is 0 Å². The molecule has 0 aliphatic carbocycles. The smallest absolute Gasteiger partial charge is 0.240 e. The first-order valence-electron chi connectivity index (χ1n) is 13.8. The molecule has 1 unspecified atom stereocenters. The molecule has 2 aliphatic heterocycles. The molecule has 1 atom stereocenters. The first-order chi connectivity index (χ1) is 18.7. The molecule has 2 aromatic carbocycles. The van der Waals surface area contributed by atoms with Crippen LogP contribution in [0, 0.1) is 5.82 Å². The summed E-state index contributed by atoms with van der Waals surface area (Å²) >= 11 is 0. The summed E-state index contributed by atoms with van der Waals surface area (Å²) in [7, 11) is 4.13. The summed E-state index contributed by atoms with van der Waals surface area (Å²) in [5.41, 5.74) is 6.53. The van der Waals surface area contributed by atoms with Crippen LogP contribution in [-0.4, -0.2) is 86.1 Å². The Labute approximate surface area is 228 Å². The van der Waals surface area contributed by atoms with Crippen LogP contribution in [0.1, 0.15) is 37.7 Å². The number of carbonyl (C=O) groups excluding carboxylic acids is 1. The lowest BCUT2D eigenvalue weighted by Crippen LogP contribution is -2.64. The third kappa shape index (κ3) is 4.53. The van der Waals surface area contributed by atoms with Gasteiger partial charge in [-0.15, -0.1) is 0 Å². The topological polar surface area (TPSA) is 84.2 Å². The van der Waals surface area contributed by atoms with Crippen molar-refractivity contribution < 1.29 is 9.18 Å². The number of nitrogens with one attached hydrogen (secondary N) is 2. The van der Waals surface area contributed by atoms with Gasteiger partial charge in [0.15, 0.2) is 5.82 Å². The van der Waals surface area contributed by atoms with Crippen LogP contribution >= 0.6 is 0 Å². The van der Waals surface area contributed by atoms with Crippen LogP contribution in [0.15, 0.2) is 36.4 Å². The quantitative estimate of drug-likeness (QED) is 0.391. The first kappa shape index (κ1) is 25.7. The largest absolute Gasteiger partial charge is 0.339 e. The molecule has 0 saturated carbocycles. The number of rotatable bonds is 6. The predicted octanol–water partition coefficient (Wildman–Crippen LogP) is 4.23. The van der Waals surface area contributed by atoms with Gasteiger partial charge >= 0.3 is 0 Å². The summed E-state index contributed by atoms with van der Waals surface area (Å²) in [6.45, 7) is 8.57. The van der Waals surface area contributed by atoms with Gasteiger partial charge in [-0.25, -0.2) is 9.37 Å². The SMILES string of the molecule is CCc1ccc(F)cc1-c1ccc2c(-c3nc4c([nH]3)CN(C(C)C)C(C(=O)N3CC(N(C)C)C3)C4)n[nH]c2c1. The highest BCUT2D eigenvalue weighted by Crippen LogP contribution is 2.33. The number of aryl methyl sites for hydroxylation is 1. The number of amides is 1. The second-order valence-electron chi connectivity index (χ2n) is 11.3. The first-order valence-corrected chi connectivity index (χ1v) is 13.8. The van der Waals surface area contributed by atoms with Crippen molar-refractivity contribution in [3.8, 4) is 22.6 Å². The van der Waals surface area contributed by atoms with Crippen LogP contribution in [0.3, 0.4) is 0 Å². The predicted molar refractivity (Wildman–Crippen MR) is 151 cm³/mol. The number of likely N-dealkylation sites (N-methyl/N-ethyl adjacent to an activating group) is 1.